The first-order valence-electron chi connectivity index (χ1n) is 7.56. The molecule has 1 aliphatic rings. The lowest BCUT2D eigenvalue weighted by Crippen LogP contribution is -2.41. The first kappa shape index (κ1) is 15.3. The zero-order valence-corrected chi connectivity index (χ0v) is 12.9. The quantitative estimate of drug-likeness (QED) is 0.619. The largest absolute Gasteiger partial charge is 0.495 e. The van der Waals surface area contributed by atoms with E-state index in [9.17, 15) is 0 Å². The van der Waals surface area contributed by atoms with Gasteiger partial charge in [0, 0.05) is 6.20 Å². The van der Waals surface area contributed by atoms with Crippen LogP contribution in [0.3, 0.4) is 0 Å². The van der Waals surface area contributed by atoms with Gasteiger partial charge in [-0.1, -0.05) is 26.7 Å². The molecular weight excluding hydrogens is 250 g/mol. The van der Waals surface area contributed by atoms with Crippen LogP contribution in [0.2, 0.25) is 0 Å². The van der Waals surface area contributed by atoms with Crippen molar-refractivity contribution in [2.75, 3.05) is 7.11 Å². The maximum atomic E-state index is 5.92. The van der Waals surface area contributed by atoms with Crippen molar-refractivity contribution >= 4 is 0 Å². The summed E-state index contributed by atoms with van der Waals surface area (Å²) in [6, 6.07) is 2.20. The summed E-state index contributed by atoms with van der Waals surface area (Å²) in [5.41, 5.74) is 4.44. The molecule has 0 aromatic carbocycles. The molecule has 1 atom stereocenters. The Morgan fingerprint density at radius 1 is 1.35 bits per heavy atom. The summed E-state index contributed by atoms with van der Waals surface area (Å²) >= 11 is 0. The molecule has 0 bridgehead atoms. The number of rotatable bonds is 6. The minimum atomic E-state index is 0.148. The van der Waals surface area contributed by atoms with E-state index in [2.05, 4.69) is 30.3 Å². The van der Waals surface area contributed by atoms with Gasteiger partial charge in [-0.25, -0.2) is 0 Å². The Balaban J connectivity index is 2.32. The normalized spacial score (nSPS) is 19.2. The Morgan fingerprint density at radius 3 is 2.60 bits per heavy atom. The lowest BCUT2D eigenvalue weighted by Gasteiger charge is -2.39. The maximum absolute atomic E-state index is 5.92. The molecule has 2 rings (SSSR count). The third-order valence-corrected chi connectivity index (χ3v) is 4.50. The zero-order chi connectivity index (χ0) is 14.6. The summed E-state index contributed by atoms with van der Waals surface area (Å²) in [5.74, 6) is 7.38. The van der Waals surface area contributed by atoms with Gasteiger partial charge in [-0.05, 0) is 42.2 Å². The summed E-state index contributed by atoms with van der Waals surface area (Å²) in [6.45, 7) is 4.58. The highest BCUT2D eigenvalue weighted by Crippen LogP contribution is 2.51. The molecule has 0 saturated heterocycles. The molecule has 1 aromatic heterocycles. The molecule has 1 unspecified atom stereocenters. The van der Waals surface area contributed by atoms with Gasteiger partial charge in [0.1, 0.15) is 5.75 Å². The highest BCUT2D eigenvalue weighted by molar-refractivity contribution is 5.27. The zero-order valence-electron chi connectivity index (χ0n) is 12.9. The number of pyridine rings is 1. The van der Waals surface area contributed by atoms with E-state index in [4.69, 9.17) is 10.6 Å². The van der Waals surface area contributed by atoms with Gasteiger partial charge in [0.2, 0.25) is 0 Å². The molecule has 0 aliphatic heterocycles. The third kappa shape index (κ3) is 3.13. The Labute approximate surface area is 122 Å². The smallest absolute Gasteiger partial charge is 0.137 e. The monoisotopic (exact) mass is 277 g/mol. The number of hydrogen-bond acceptors (Lipinski definition) is 4. The molecule has 3 N–H and O–H groups in total. The van der Waals surface area contributed by atoms with E-state index in [0.717, 1.165) is 11.3 Å². The Kier molecular flexibility index (Phi) is 5.00. The van der Waals surface area contributed by atoms with E-state index in [-0.39, 0.29) is 11.5 Å². The number of hydrazine groups is 1. The van der Waals surface area contributed by atoms with Crippen molar-refractivity contribution in [3.8, 4) is 5.75 Å². The van der Waals surface area contributed by atoms with Crippen molar-refractivity contribution in [2.45, 2.75) is 52.0 Å². The molecule has 112 valence electrons. The van der Waals surface area contributed by atoms with E-state index in [1.54, 1.807) is 13.3 Å². The first-order chi connectivity index (χ1) is 9.61. The number of nitrogens with zero attached hydrogens (tertiary/aromatic N) is 1. The highest BCUT2D eigenvalue weighted by atomic mass is 16.5. The lowest BCUT2D eigenvalue weighted by molar-refractivity contribution is 0.155. The minimum Gasteiger partial charge on any atom is -0.495 e. The molecule has 1 heterocycles. The number of ether oxygens (including phenoxy) is 1. The summed E-state index contributed by atoms with van der Waals surface area (Å²) in [7, 11) is 1.67. The van der Waals surface area contributed by atoms with Crippen LogP contribution < -0.4 is 16.0 Å². The van der Waals surface area contributed by atoms with E-state index >= 15 is 0 Å². The molecule has 0 amide bonds. The van der Waals surface area contributed by atoms with Crippen LogP contribution in [0, 0.1) is 11.3 Å². The van der Waals surface area contributed by atoms with Crippen LogP contribution in [-0.2, 0) is 0 Å². The number of aromatic nitrogens is 1. The fourth-order valence-corrected chi connectivity index (χ4v) is 3.83. The second-order valence-corrected chi connectivity index (χ2v) is 6.43. The average molecular weight is 277 g/mol. The fourth-order valence-electron chi connectivity index (χ4n) is 3.83. The molecule has 4 nitrogen and oxygen atoms in total. The van der Waals surface area contributed by atoms with Crippen LogP contribution >= 0.6 is 0 Å². The Morgan fingerprint density at radius 2 is 2.05 bits per heavy atom. The fraction of sp³-hybridized carbons (Fsp3) is 0.688. The van der Waals surface area contributed by atoms with Gasteiger partial charge in [0.05, 0.1) is 19.3 Å². The van der Waals surface area contributed by atoms with Gasteiger partial charge >= 0.3 is 0 Å². The van der Waals surface area contributed by atoms with E-state index in [0.29, 0.717) is 5.92 Å². The molecule has 1 fully saturated rings. The van der Waals surface area contributed by atoms with Crippen molar-refractivity contribution in [1.29, 1.82) is 0 Å². The van der Waals surface area contributed by atoms with Gasteiger partial charge in [0.15, 0.2) is 0 Å². The molecule has 0 radical (unpaired) electrons. The van der Waals surface area contributed by atoms with Gasteiger partial charge in [-0.15, -0.1) is 0 Å². The van der Waals surface area contributed by atoms with Crippen LogP contribution in [0.5, 0.6) is 5.75 Å². The molecule has 1 saturated carbocycles. The van der Waals surface area contributed by atoms with E-state index in [1.165, 1.54) is 32.1 Å². The average Bonchev–Trinajstić information content (AvgIpc) is 2.88. The molecule has 1 aliphatic carbocycles. The van der Waals surface area contributed by atoms with E-state index in [1.807, 2.05) is 6.20 Å². The van der Waals surface area contributed by atoms with Crippen LogP contribution in [-0.4, -0.2) is 12.1 Å². The van der Waals surface area contributed by atoms with Crippen molar-refractivity contribution in [1.82, 2.24) is 10.4 Å². The Hall–Kier alpha value is -1.13. The number of methoxy groups -OCH3 is 1. The number of nitrogens with one attached hydrogen (secondary N) is 1. The van der Waals surface area contributed by atoms with Crippen molar-refractivity contribution < 1.29 is 4.74 Å². The van der Waals surface area contributed by atoms with Gasteiger partial charge in [-0.2, -0.15) is 0 Å². The maximum Gasteiger partial charge on any atom is 0.137 e. The predicted molar refractivity (Wildman–Crippen MR) is 81.2 cm³/mol. The van der Waals surface area contributed by atoms with Crippen molar-refractivity contribution in [3.05, 3.63) is 24.0 Å². The molecule has 1 aromatic rings. The second-order valence-electron chi connectivity index (χ2n) is 6.43. The molecule has 0 spiro atoms. The minimum absolute atomic E-state index is 0.148. The summed E-state index contributed by atoms with van der Waals surface area (Å²) in [5, 5.41) is 0. The lowest BCUT2D eigenvalue weighted by atomic mass is 9.71. The van der Waals surface area contributed by atoms with Crippen LogP contribution in [0.4, 0.5) is 0 Å². The van der Waals surface area contributed by atoms with Crippen LogP contribution in [0.25, 0.3) is 0 Å². The van der Waals surface area contributed by atoms with Gasteiger partial charge in [-0.3, -0.25) is 16.3 Å². The van der Waals surface area contributed by atoms with Crippen molar-refractivity contribution in [2.24, 2.45) is 17.2 Å². The highest BCUT2D eigenvalue weighted by Gasteiger charge is 2.42. The SMILES string of the molecule is COc1cncc(C(NN)C2(CC(C)C)CCCC2)c1. The first-order valence-corrected chi connectivity index (χ1v) is 7.56. The second kappa shape index (κ2) is 6.55. The van der Waals surface area contributed by atoms with Crippen LogP contribution in [0.15, 0.2) is 18.5 Å². The summed E-state index contributed by atoms with van der Waals surface area (Å²) < 4.78 is 5.30. The number of nitrogens with two attached hydrogens (primary N) is 1. The number of hydrogen-bond donors (Lipinski definition) is 2. The third-order valence-electron chi connectivity index (χ3n) is 4.50. The topological polar surface area (TPSA) is 60.2 Å². The van der Waals surface area contributed by atoms with Crippen molar-refractivity contribution in [3.63, 3.8) is 0 Å². The Bertz CT molecular complexity index is 427. The van der Waals surface area contributed by atoms with Gasteiger partial charge < -0.3 is 4.74 Å². The summed E-state index contributed by atoms with van der Waals surface area (Å²) in [4.78, 5) is 4.29. The van der Waals surface area contributed by atoms with Gasteiger partial charge in [0.25, 0.3) is 0 Å². The van der Waals surface area contributed by atoms with E-state index < -0.39 is 0 Å². The standard InChI is InChI=1S/C16H27N3O/c1-12(2)9-16(6-4-5-7-16)15(19-17)13-8-14(20-3)11-18-10-13/h8,10-12,15,19H,4-7,9,17H2,1-3H3. The summed E-state index contributed by atoms with van der Waals surface area (Å²) in [6.07, 6.45) is 9.90. The molecular formula is C16H27N3O. The molecule has 20 heavy (non-hydrogen) atoms. The predicted octanol–water partition coefficient (Wildman–Crippen LogP) is 3.20. The van der Waals surface area contributed by atoms with Crippen LogP contribution in [0.1, 0.15) is 57.6 Å². The molecule has 4 heteroatoms.